The molecule has 0 fully saturated rings. The number of carboxylic acids is 1. The van der Waals surface area contributed by atoms with Crippen LogP contribution in [-0.2, 0) is 0 Å². The molecule has 2 heterocycles. The van der Waals surface area contributed by atoms with Gasteiger partial charge in [0.25, 0.3) is 0 Å². The van der Waals surface area contributed by atoms with E-state index in [4.69, 9.17) is 4.74 Å². The van der Waals surface area contributed by atoms with Crippen LogP contribution in [0.15, 0.2) is 91.1 Å². The van der Waals surface area contributed by atoms with Gasteiger partial charge >= 0.3 is 5.97 Å². The number of para-hydroxylation sites is 1. The van der Waals surface area contributed by atoms with E-state index in [1.807, 2.05) is 72.2 Å². The Labute approximate surface area is 189 Å². The Balaban J connectivity index is 1.50. The summed E-state index contributed by atoms with van der Waals surface area (Å²) in [4.78, 5) is 16.4. The van der Waals surface area contributed by atoms with Crippen LogP contribution in [0.5, 0.6) is 11.5 Å². The standard InChI is InChI=1S/C27H19FN2O3/c1-17-14-20(30-16-24(27(31)32)23-4-2-3-5-26(23)30)15-25(29-17)18-6-10-21(11-7-18)33-22-12-8-19(28)9-13-22/h2-16H,1H3,(H,31,32). The first-order valence-corrected chi connectivity index (χ1v) is 10.3. The number of pyridine rings is 1. The van der Waals surface area contributed by atoms with E-state index in [0.29, 0.717) is 16.9 Å². The predicted octanol–water partition coefficient (Wildman–Crippen LogP) is 6.63. The number of ether oxygens (including phenoxy) is 1. The molecule has 0 aliphatic heterocycles. The van der Waals surface area contributed by atoms with Crippen LogP contribution in [0.25, 0.3) is 27.8 Å². The number of carboxylic acid groups (broad SMARTS) is 1. The number of aromatic carboxylic acids is 1. The monoisotopic (exact) mass is 438 g/mol. The average molecular weight is 438 g/mol. The summed E-state index contributed by atoms with van der Waals surface area (Å²) in [7, 11) is 0. The van der Waals surface area contributed by atoms with Gasteiger partial charge in [-0.2, -0.15) is 0 Å². The zero-order chi connectivity index (χ0) is 22.9. The second-order valence-electron chi connectivity index (χ2n) is 7.67. The Hall–Kier alpha value is -4.45. The lowest BCUT2D eigenvalue weighted by molar-refractivity contribution is 0.0699. The topological polar surface area (TPSA) is 64.4 Å². The lowest BCUT2D eigenvalue weighted by Crippen LogP contribution is -1.97. The Kier molecular flexibility index (Phi) is 5.11. The first-order chi connectivity index (χ1) is 16.0. The van der Waals surface area contributed by atoms with Gasteiger partial charge < -0.3 is 14.4 Å². The van der Waals surface area contributed by atoms with E-state index in [9.17, 15) is 14.3 Å². The largest absolute Gasteiger partial charge is 0.478 e. The molecule has 33 heavy (non-hydrogen) atoms. The van der Waals surface area contributed by atoms with Gasteiger partial charge in [-0.15, -0.1) is 0 Å². The van der Waals surface area contributed by atoms with Gasteiger partial charge in [-0.25, -0.2) is 9.18 Å². The minimum atomic E-state index is -0.965. The van der Waals surface area contributed by atoms with Gasteiger partial charge in [-0.05, 0) is 73.7 Å². The van der Waals surface area contributed by atoms with Crippen molar-refractivity contribution >= 4 is 16.9 Å². The minimum absolute atomic E-state index is 0.254. The van der Waals surface area contributed by atoms with Crippen molar-refractivity contribution in [3.05, 3.63) is 108 Å². The normalized spacial score (nSPS) is 11.0. The molecule has 0 atom stereocenters. The molecule has 0 spiro atoms. The van der Waals surface area contributed by atoms with Gasteiger partial charge in [0.05, 0.1) is 16.8 Å². The van der Waals surface area contributed by atoms with E-state index >= 15 is 0 Å². The van der Waals surface area contributed by atoms with Crippen LogP contribution in [0, 0.1) is 12.7 Å². The highest BCUT2D eigenvalue weighted by molar-refractivity contribution is 6.04. The minimum Gasteiger partial charge on any atom is -0.478 e. The molecule has 1 N–H and O–H groups in total. The quantitative estimate of drug-likeness (QED) is 0.334. The first kappa shape index (κ1) is 20.5. The third-order valence-corrected chi connectivity index (χ3v) is 5.36. The number of carbonyl (C=O) groups is 1. The van der Waals surface area contributed by atoms with Gasteiger partial charge in [0, 0.05) is 28.5 Å². The van der Waals surface area contributed by atoms with Crippen LogP contribution in [0.1, 0.15) is 16.1 Å². The van der Waals surface area contributed by atoms with E-state index in [0.717, 1.165) is 28.2 Å². The molecule has 0 saturated carbocycles. The molecule has 0 saturated heterocycles. The summed E-state index contributed by atoms with van der Waals surface area (Å²) in [5.74, 6) is -0.104. The number of aryl methyl sites for hydroxylation is 1. The molecule has 6 heteroatoms. The molecule has 5 rings (SSSR count). The molecule has 2 aromatic heterocycles. The van der Waals surface area contributed by atoms with Crippen molar-refractivity contribution in [3.8, 4) is 28.4 Å². The third-order valence-electron chi connectivity index (χ3n) is 5.36. The molecular weight excluding hydrogens is 419 g/mol. The van der Waals surface area contributed by atoms with Crippen LogP contribution >= 0.6 is 0 Å². The Morgan fingerprint density at radius 1 is 0.939 bits per heavy atom. The van der Waals surface area contributed by atoms with Crippen LogP contribution in [0.2, 0.25) is 0 Å². The van der Waals surface area contributed by atoms with Gasteiger partial charge in [0.1, 0.15) is 17.3 Å². The van der Waals surface area contributed by atoms with Crippen molar-refractivity contribution in [2.45, 2.75) is 6.92 Å². The molecule has 0 amide bonds. The van der Waals surface area contributed by atoms with Crippen molar-refractivity contribution in [1.29, 1.82) is 0 Å². The average Bonchev–Trinajstić information content (AvgIpc) is 3.21. The number of hydrogen-bond donors (Lipinski definition) is 1. The van der Waals surface area contributed by atoms with Gasteiger partial charge in [-0.3, -0.25) is 4.98 Å². The second-order valence-corrected chi connectivity index (χ2v) is 7.67. The van der Waals surface area contributed by atoms with Crippen LogP contribution in [0.3, 0.4) is 0 Å². The predicted molar refractivity (Wildman–Crippen MR) is 125 cm³/mol. The number of benzene rings is 3. The van der Waals surface area contributed by atoms with Crippen LogP contribution in [0.4, 0.5) is 4.39 Å². The molecule has 0 unspecified atom stereocenters. The van der Waals surface area contributed by atoms with E-state index in [-0.39, 0.29) is 11.4 Å². The van der Waals surface area contributed by atoms with Crippen molar-refractivity contribution < 1.29 is 19.0 Å². The highest BCUT2D eigenvalue weighted by Gasteiger charge is 2.15. The fraction of sp³-hybridized carbons (Fsp3) is 0.0370. The summed E-state index contributed by atoms with van der Waals surface area (Å²) in [6.45, 7) is 1.91. The third kappa shape index (κ3) is 4.06. The number of nitrogens with zero attached hydrogens (tertiary/aromatic N) is 2. The number of rotatable bonds is 5. The highest BCUT2D eigenvalue weighted by Crippen LogP contribution is 2.29. The van der Waals surface area contributed by atoms with E-state index < -0.39 is 5.97 Å². The molecule has 0 radical (unpaired) electrons. The van der Waals surface area contributed by atoms with E-state index in [1.54, 1.807) is 18.3 Å². The Morgan fingerprint density at radius 2 is 1.61 bits per heavy atom. The lowest BCUT2D eigenvalue weighted by atomic mass is 10.1. The summed E-state index contributed by atoms with van der Waals surface area (Å²) >= 11 is 0. The molecule has 162 valence electrons. The number of hydrogen-bond acceptors (Lipinski definition) is 3. The summed E-state index contributed by atoms with van der Waals surface area (Å²) < 4.78 is 20.7. The Bertz CT molecular complexity index is 1470. The van der Waals surface area contributed by atoms with Gasteiger partial charge in [0.15, 0.2) is 0 Å². The fourth-order valence-corrected chi connectivity index (χ4v) is 3.83. The number of halogens is 1. The summed E-state index contributed by atoms with van der Waals surface area (Å²) in [6.07, 6.45) is 1.64. The van der Waals surface area contributed by atoms with Crippen molar-refractivity contribution in [2.24, 2.45) is 0 Å². The molecule has 0 bridgehead atoms. The van der Waals surface area contributed by atoms with Gasteiger partial charge in [-0.1, -0.05) is 18.2 Å². The Morgan fingerprint density at radius 3 is 2.30 bits per heavy atom. The summed E-state index contributed by atoms with van der Waals surface area (Å²) in [5, 5.41) is 10.3. The van der Waals surface area contributed by atoms with Crippen molar-refractivity contribution in [3.63, 3.8) is 0 Å². The first-order valence-electron chi connectivity index (χ1n) is 10.3. The second kappa shape index (κ2) is 8.24. The molecule has 3 aromatic carbocycles. The van der Waals surface area contributed by atoms with E-state index in [2.05, 4.69) is 4.98 Å². The maximum atomic E-state index is 13.1. The zero-order valence-electron chi connectivity index (χ0n) is 17.7. The number of aromatic nitrogens is 2. The van der Waals surface area contributed by atoms with Crippen LogP contribution in [-0.4, -0.2) is 20.6 Å². The van der Waals surface area contributed by atoms with Crippen molar-refractivity contribution in [2.75, 3.05) is 0 Å². The maximum Gasteiger partial charge on any atom is 0.337 e. The molecule has 5 aromatic rings. The molecule has 0 aliphatic rings. The van der Waals surface area contributed by atoms with Crippen molar-refractivity contribution in [1.82, 2.24) is 9.55 Å². The molecule has 5 nitrogen and oxygen atoms in total. The fourth-order valence-electron chi connectivity index (χ4n) is 3.83. The summed E-state index contributed by atoms with van der Waals surface area (Å²) in [5.41, 5.74) is 4.35. The maximum absolute atomic E-state index is 13.1. The smallest absolute Gasteiger partial charge is 0.337 e. The van der Waals surface area contributed by atoms with Crippen LogP contribution < -0.4 is 4.74 Å². The SMILES string of the molecule is Cc1cc(-n2cc(C(=O)O)c3ccccc32)cc(-c2ccc(Oc3ccc(F)cc3)cc2)n1. The number of fused-ring (bicyclic) bond motifs is 1. The summed E-state index contributed by atoms with van der Waals surface area (Å²) in [6, 6.07) is 24.6. The zero-order valence-corrected chi connectivity index (χ0v) is 17.7. The lowest BCUT2D eigenvalue weighted by Gasteiger charge is -2.11. The van der Waals surface area contributed by atoms with Gasteiger partial charge in [0.2, 0.25) is 0 Å². The van der Waals surface area contributed by atoms with E-state index in [1.165, 1.54) is 12.1 Å². The highest BCUT2D eigenvalue weighted by atomic mass is 19.1. The molecular formula is C27H19FN2O3. The molecule has 0 aliphatic carbocycles.